The Morgan fingerprint density at radius 2 is 1.89 bits per heavy atom. The highest BCUT2D eigenvalue weighted by atomic mass is 16.5. The molecule has 0 spiro atoms. The molecule has 1 heterocycles. The van der Waals surface area contributed by atoms with Crippen molar-refractivity contribution in [2.75, 3.05) is 32.0 Å². The van der Waals surface area contributed by atoms with E-state index >= 15 is 0 Å². The summed E-state index contributed by atoms with van der Waals surface area (Å²) < 4.78 is 5.76. The van der Waals surface area contributed by atoms with E-state index in [-0.39, 0.29) is 5.95 Å². The van der Waals surface area contributed by atoms with Crippen LogP contribution in [-0.4, -0.2) is 41.1 Å². The van der Waals surface area contributed by atoms with Gasteiger partial charge in [0.25, 0.3) is 0 Å². The zero-order valence-electron chi connectivity index (χ0n) is 11.5. The zero-order chi connectivity index (χ0) is 13.7. The summed E-state index contributed by atoms with van der Waals surface area (Å²) >= 11 is 0. The van der Waals surface area contributed by atoms with Crippen LogP contribution in [0, 0.1) is 0 Å². The summed E-state index contributed by atoms with van der Waals surface area (Å²) in [5.41, 5.74) is 6.51. The largest absolute Gasteiger partial charge is 0.476 e. The van der Waals surface area contributed by atoms with Gasteiger partial charge in [-0.25, -0.2) is 4.98 Å². The van der Waals surface area contributed by atoms with Crippen molar-refractivity contribution in [1.29, 1.82) is 0 Å². The van der Waals surface area contributed by atoms with Crippen molar-refractivity contribution >= 4 is 16.9 Å². The molecule has 0 unspecified atom stereocenters. The van der Waals surface area contributed by atoms with Gasteiger partial charge in [0, 0.05) is 6.54 Å². The molecule has 0 aliphatic carbocycles. The first-order chi connectivity index (χ1) is 9.24. The topological polar surface area (TPSA) is 64.3 Å². The Kier molecular flexibility index (Phi) is 4.52. The molecule has 0 bridgehead atoms. The molecule has 0 saturated heterocycles. The summed E-state index contributed by atoms with van der Waals surface area (Å²) in [6.07, 6.45) is 0. The molecule has 0 fully saturated rings. The predicted molar refractivity (Wildman–Crippen MR) is 77.2 cm³/mol. The summed E-state index contributed by atoms with van der Waals surface area (Å²) in [6.45, 7) is 7.80. The summed E-state index contributed by atoms with van der Waals surface area (Å²) in [6, 6.07) is 7.72. The fourth-order valence-electron chi connectivity index (χ4n) is 1.99. The molecule has 2 rings (SSSR count). The summed E-state index contributed by atoms with van der Waals surface area (Å²) in [5.74, 6) is 0.812. The van der Waals surface area contributed by atoms with E-state index in [1.165, 1.54) is 0 Å². The van der Waals surface area contributed by atoms with Gasteiger partial charge in [-0.05, 0) is 25.2 Å². The molecular formula is C14H20N4O. The molecule has 0 aliphatic heterocycles. The lowest BCUT2D eigenvalue weighted by Crippen LogP contribution is -2.28. The number of fused-ring (bicyclic) bond motifs is 1. The number of rotatable bonds is 6. The molecule has 0 saturated carbocycles. The van der Waals surface area contributed by atoms with Gasteiger partial charge in [-0.1, -0.05) is 26.0 Å². The second kappa shape index (κ2) is 6.33. The Morgan fingerprint density at radius 3 is 2.63 bits per heavy atom. The van der Waals surface area contributed by atoms with Crippen molar-refractivity contribution in [3.8, 4) is 5.88 Å². The van der Waals surface area contributed by atoms with Gasteiger partial charge in [-0.2, -0.15) is 4.98 Å². The minimum absolute atomic E-state index is 0.247. The molecule has 2 aromatic rings. The fourth-order valence-corrected chi connectivity index (χ4v) is 1.99. The van der Waals surface area contributed by atoms with E-state index in [1.54, 1.807) is 0 Å². The van der Waals surface area contributed by atoms with Crippen molar-refractivity contribution in [2.45, 2.75) is 13.8 Å². The van der Waals surface area contributed by atoms with E-state index < -0.39 is 0 Å². The Hall–Kier alpha value is -1.88. The lowest BCUT2D eigenvalue weighted by Gasteiger charge is -2.18. The summed E-state index contributed by atoms with van der Waals surface area (Å²) in [4.78, 5) is 10.7. The maximum Gasteiger partial charge on any atom is 0.226 e. The average Bonchev–Trinajstić information content (AvgIpc) is 2.43. The number of nitrogens with zero attached hydrogens (tertiary/aromatic N) is 3. The maximum absolute atomic E-state index is 5.76. The van der Waals surface area contributed by atoms with Gasteiger partial charge in [0.05, 0.1) is 10.9 Å². The third-order valence-electron chi connectivity index (χ3n) is 3.13. The molecule has 5 heteroatoms. The lowest BCUT2D eigenvalue weighted by molar-refractivity contribution is 0.219. The molecule has 5 nitrogen and oxygen atoms in total. The predicted octanol–water partition coefficient (Wildman–Crippen LogP) is 1.93. The fraction of sp³-hybridized carbons (Fsp3) is 0.429. The van der Waals surface area contributed by atoms with Gasteiger partial charge in [0.1, 0.15) is 6.61 Å². The number of aromatic nitrogens is 2. The van der Waals surface area contributed by atoms with Crippen LogP contribution in [0.25, 0.3) is 10.9 Å². The van der Waals surface area contributed by atoms with Crippen molar-refractivity contribution in [3.63, 3.8) is 0 Å². The Labute approximate surface area is 113 Å². The van der Waals surface area contributed by atoms with Gasteiger partial charge in [0.2, 0.25) is 11.8 Å². The van der Waals surface area contributed by atoms with Gasteiger partial charge < -0.3 is 15.4 Å². The first-order valence-electron chi connectivity index (χ1n) is 6.62. The van der Waals surface area contributed by atoms with E-state index in [2.05, 4.69) is 28.7 Å². The molecule has 0 radical (unpaired) electrons. The Morgan fingerprint density at radius 1 is 1.16 bits per heavy atom. The van der Waals surface area contributed by atoms with E-state index in [0.29, 0.717) is 12.5 Å². The monoisotopic (exact) mass is 260 g/mol. The number of nitrogens with two attached hydrogens (primary N) is 1. The van der Waals surface area contributed by atoms with Gasteiger partial charge >= 0.3 is 0 Å². The second-order valence-electron chi connectivity index (χ2n) is 4.28. The Bertz CT molecular complexity index is 540. The van der Waals surface area contributed by atoms with Crippen LogP contribution in [0.1, 0.15) is 13.8 Å². The number of benzene rings is 1. The van der Waals surface area contributed by atoms with Crippen molar-refractivity contribution in [2.24, 2.45) is 0 Å². The van der Waals surface area contributed by atoms with Gasteiger partial charge in [-0.3, -0.25) is 0 Å². The number of hydrogen-bond donors (Lipinski definition) is 1. The quantitative estimate of drug-likeness (QED) is 0.859. The van der Waals surface area contributed by atoms with E-state index in [4.69, 9.17) is 10.5 Å². The van der Waals surface area contributed by atoms with Gasteiger partial charge in [0.15, 0.2) is 0 Å². The van der Waals surface area contributed by atoms with Crippen molar-refractivity contribution in [3.05, 3.63) is 24.3 Å². The van der Waals surface area contributed by atoms with Crippen LogP contribution in [-0.2, 0) is 0 Å². The first-order valence-corrected chi connectivity index (χ1v) is 6.62. The highest BCUT2D eigenvalue weighted by Crippen LogP contribution is 2.22. The smallest absolute Gasteiger partial charge is 0.226 e. The molecule has 0 amide bonds. The normalized spacial score (nSPS) is 11.1. The third kappa shape index (κ3) is 3.32. The minimum atomic E-state index is 0.247. The lowest BCUT2D eigenvalue weighted by atomic mass is 10.2. The first kappa shape index (κ1) is 13.5. The molecule has 1 aromatic heterocycles. The van der Waals surface area contributed by atoms with Crippen LogP contribution < -0.4 is 10.5 Å². The van der Waals surface area contributed by atoms with Crippen molar-refractivity contribution < 1.29 is 4.74 Å². The van der Waals surface area contributed by atoms with Crippen LogP contribution in [0.2, 0.25) is 0 Å². The van der Waals surface area contributed by atoms with E-state index in [1.807, 2.05) is 24.3 Å². The van der Waals surface area contributed by atoms with Gasteiger partial charge in [-0.15, -0.1) is 0 Å². The SMILES string of the molecule is CCN(CC)CCOc1nc(N)nc2ccccc12. The molecule has 2 N–H and O–H groups in total. The molecular weight excluding hydrogens is 240 g/mol. The maximum atomic E-state index is 5.76. The highest BCUT2D eigenvalue weighted by molar-refractivity contribution is 5.84. The molecule has 102 valence electrons. The van der Waals surface area contributed by atoms with E-state index in [0.717, 1.165) is 30.5 Å². The second-order valence-corrected chi connectivity index (χ2v) is 4.28. The number of para-hydroxylation sites is 1. The third-order valence-corrected chi connectivity index (χ3v) is 3.13. The van der Waals surface area contributed by atoms with Crippen LogP contribution in [0.4, 0.5) is 5.95 Å². The standard InChI is InChI=1S/C14H20N4O/c1-3-18(4-2)9-10-19-13-11-7-5-6-8-12(11)16-14(15)17-13/h5-8H,3-4,9-10H2,1-2H3,(H2,15,16,17). The number of nitrogen functional groups attached to an aromatic ring is 1. The summed E-state index contributed by atoms with van der Waals surface area (Å²) in [7, 11) is 0. The van der Waals surface area contributed by atoms with Crippen LogP contribution >= 0.6 is 0 Å². The van der Waals surface area contributed by atoms with Crippen LogP contribution in [0.3, 0.4) is 0 Å². The number of hydrogen-bond acceptors (Lipinski definition) is 5. The number of likely N-dealkylation sites (N-methyl/N-ethyl adjacent to an activating group) is 1. The number of ether oxygens (including phenoxy) is 1. The summed E-state index contributed by atoms with van der Waals surface area (Å²) in [5, 5.41) is 0.899. The van der Waals surface area contributed by atoms with E-state index in [9.17, 15) is 0 Å². The van der Waals surface area contributed by atoms with Crippen molar-refractivity contribution in [1.82, 2.24) is 14.9 Å². The Balaban J connectivity index is 2.12. The number of anilines is 1. The zero-order valence-corrected chi connectivity index (χ0v) is 11.5. The molecule has 0 aliphatic rings. The molecule has 0 atom stereocenters. The highest BCUT2D eigenvalue weighted by Gasteiger charge is 2.07. The molecule has 1 aromatic carbocycles. The van der Waals surface area contributed by atoms with Crippen LogP contribution in [0.5, 0.6) is 5.88 Å². The average molecular weight is 260 g/mol. The van der Waals surface area contributed by atoms with Crippen LogP contribution in [0.15, 0.2) is 24.3 Å². The molecule has 19 heavy (non-hydrogen) atoms. The minimum Gasteiger partial charge on any atom is -0.476 e.